The number of ether oxygens (including phenoxy) is 1. The van der Waals surface area contributed by atoms with Gasteiger partial charge in [0.2, 0.25) is 0 Å². The van der Waals surface area contributed by atoms with E-state index in [1.54, 1.807) is 12.4 Å². The van der Waals surface area contributed by atoms with Gasteiger partial charge in [-0.1, -0.05) is 30.3 Å². The van der Waals surface area contributed by atoms with Gasteiger partial charge in [0.25, 0.3) is 0 Å². The molecule has 4 nitrogen and oxygen atoms in total. The molecule has 2 heterocycles. The molecule has 0 spiro atoms. The van der Waals surface area contributed by atoms with Crippen LogP contribution in [0.3, 0.4) is 0 Å². The number of piperidine rings is 1. The molecule has 0 N–H and O–H groups in total. The van der Waals surface area contributed by atoms with Gasteiger partial charge < -0.3 is 9.64 Å². The summed E-state index contributed by atoms with van der Waals surface area (Å²) in [7, 11) is 1.82. The normalized spacial score (nSPS) is 17.7. The van der Waals surface area contributed by atoms with Gasteiger partial charge in [0.1, 0.15) is 5.82 Å². The van der Waals surface area contributed by atoms with E-state index in [-0.39, 0.29) is 5.60 Å². The lowest BCUT2D eigenvalue weighted by atomic mass is 9.84. The van der Waals surface area contributed by atoms with Gasteiger partial charge in [-0.3, -0.25) is 4.98 Å². The van der Waals surface area contributed by atoms with Crippen molar-refractivity contribution in [3.05, 3.63) is 54.0 Å². The van der Waals surface area contributed by atoms with E-state index in [2.05, 4.69) is 39.1 Å². The van der Waals surface area contributed by atoms with E-state index in [1.165, 1.54) is 5.56 Å². The van der Waals surface area contributed by atoms with Crippen LogP contribution >= 0.6 is 0 Å². The minimum Gasteiger partial charge on any atom is -0.373 e. The van der Waals surface area contributed by atoms with Crippen LogP contribution in [0.5, 0.6) is 0 Å². The standard InChI is InChI=1S/C17H21N3O/c1-14-16(19-11-10-18-14)20-12-8-17(21-2,9-13-20)15-6-4-3-5-7-15/h3-7,10-11H,8-9,12-13H2,1-2H3. The van der Waals surface area contributed by atoms with Crippen LogP contribution in [0, 0.1) is 6.92 Å². The maximum absolute atomic E-state index is 5.92. The molecule has 0 aliphatic carbocycles. The van der Waals surface area contributed by atoms with Crippen molar-refractivity contribution in [3.63, 3.8) is 0 Å². The van der Waals surface area contributed by atoms with Crippen molar-refractivity contribution in [3.8, 4) is 0 Å². The van der Waals surface area contributed by atoms with E-state index in [0.717, 1.165) is 37.4 Å². The van der Waals surface area contributed by atoms with E-state index in [0.29, 0.717) is 0 Å². The summed E-state index contributed by atoms with van der Waals surface area (Å²) >= 11 is 0. The molecule has 0 unspecified atom stereocenters. The molecular formula is C17H21N3O. The summed E-state index contributed by atoms with van der Waals surface area (Å²) in [5, 5.41) is 0. The number of aryl methyl sites for hydroxylation is 1. The van der Waals surface area contributed by atoms with Crippen LogP contribution in [0.4, 0.5) is 5.82 Å². The largest absolute Gasteiger partial charge is 0.373 e. The second kappa shape index (κ2) is 5.82. The fourth-order valence-corrected chi connectivity index (χ4v) is 3.14. The lowest BCUT2D eigenvalue weighted by molar-refractivity contribution is -0.0347. The molecule has 1 aromatic heterocycles. The van der Waals surface area contributed by atoms with Crippen molar-refractivity contribution in [2.75, 3.05) is 25.1 Å². The summed E-state index contributed by atoms with van der Waals surface area (Å²) in [5.74, 6) is 0.996. The van der Waals surface area contributed by atoms with Crippen LogP contribution in [-0.2, 0) is 10.3 Å². The van der Waals surface area contributed by atoms with Crippen LogP contribution in [0.15, 0.2) is 42.7 Å². The van der Waals surface area contributed by atoms with Gasteiger partial charge in [0.15, 0.2) is 0 Å². The quantitative estimate of drug-likeness (QED) is 0.868. The number of nitrogens with zero attached hydrogens (tertiary/aromatic N) is 3. The third-order valence-corrected chi connectivity index (χ3v) is 4.42. The van der Waals surface area contributed by atoms with Gasteiger partial charge in [-0.15, -0.1) is 0 Å². The molecule has 1 aliphatic rings. The zero-order valence-electron chi connectivity index (χ0n) is 12.6. The molecule has 1 saturated heterocycles. The number of methoxy groups -OCH3 is 1. The van der Waals surface area contributed by atoms with E-state index in [9.17, 15) is 0 Å². The predicted octanol–water partition coefficient (Wildman–Crippen LogP) is 2.93. The highest BCUT2D eigenvalue weighted by Crippen LogP contribution is 2.37. The van der Waals surface area contributed by atoms with Gasteiger partial charge in [-0.05, 0) is 25.3 Å². The van der Waals surface area contributed by atoms with Crippen LogP contribution in [-0.4, -0.2) is 30.2 Å². The molecule has 0 amide bonds. The number of rotatable bonds is 3. The number of aromatic nitrogens is 2. The Morgan fingerprint density at radius 3 is 2.33 bits per heavy atom. The first kappa shape index (κ1) is 14.0. The first-order valence-corrected chi connectivity index (χ1v) is 7.38. The topological polar surface area (TPSA) is 38.2 Å². The number of anilines is 1. The lowest BCUT2D eigenvalue weighted by Crippen LogP contribution is -2.44. The second-order valence-electron chi connectivity index (χ2n) is 5.52. The molecule has 3 rings (SSSR count). The Balaban J connectivity index is 1.79. The highest BCUT2D eigenvalue weighted by Gasteiger charge is 2.36. The highest BCUT2D eigenvalue weighted by atomic mass is 16.5. The van der Waals surface area contributed by atoms with Crippen LogP contribution in [0.2, 0.25) is 0 Å². The Morgan fingerprint density at radius 1 is 1.05 bits per heavy atom. The second-order valence-corrected chi connectivity index (χ2v) is 5.52. The van der Waals surface area contributed by atoms with Crippen molar-refractivity contribution < 1.29 is 4.74 Å². The van der Waals surface area contributed by atoms with Crippen molar-refractivity contribution in [1.29, 1.82) is 0 Å². The smallest absolute Gasteiger partial charge is 0.150 e. The van der Waals surface area contributed by atoms with Gasteiger partial charge in [-0.2, -0.15) is 0 Å². The maximum atomic E-state index is 5.92. The molecule has 21 heavy (non-hydrogen) atoms. The zero-order valence-corrected chi connectivity index (χ0v) is 12.6. The SMILES string of the molecule is COC1(c2ccccc2)CCN(c2nccnc2C)CC1. The highest BCUT2D eigenvalue weighted by molar-refractivity contribution is 5.43. The summed E-state index contributed by atoms with van der Waals surface area (Å²) in [4.78, 5) is 11.1. The molecule has 2 aromatic rings. The average molecular weight is 283 g/mol. The summed E-state index contributed by atoms with van der Waals surface area (Å²) in [6.07, 6.45) is 5.43. The van der Waals surface area contributed by atoms with E-state index in [4.69, 9.17) is 4.74 Å². The number of hydrogen-bond acceptors (Lipinski definition) is 4. The Labute approximate surface area is 125 Å². The van der Waals surface area contributed by atoms with Crippen LogP contribution in [0.1, 0.15) is 24.1 Å². The van der Waals surface area contributed by atoms with Gasteiger partial charge >= 0.3 is 0 Å². The molecule has 1 aliphatic heterocycles. The van der Waals surface area contributed by atoms with Gasteiger partial charge in [0, 0.05) is 32.6 Å². The van der Waals surface area contributed by atoms with Crippen molar-refractivity contribution in [2.24, 2.45) is 0 Å². The van der Waals surface area contributed by atoms with Crippen molar-refractivity contribution >= 4 is 5.82 Å². The minimum absolute atomic E-state index is 0.173. The Morgan fingerprint density at radius 2 is 1.71 bits per heavy atom. The third-order valence-electron chi connectivity index (χ3n) is 4.42. The molecule has 0 atom stereocenters. The summed E-state index contributed by atoms with van der Waals surface area (Å²) in [6.45, 7) is 3.88. The average Bonchev–Trinajstić information content (AvgIpc) is 2.56. The lowest BCUT2D eigenvalue weighted by Gasteiger charge is -2.41. The van der Waals surface area contributed by atoms with E-state index < -0.39 is 0 Å². The van der Waals surface area contributed by atoms with Crippen molar-refractivity contribution in [1.82, 2.24) is 9.97 Å². The Bertz CT molecular complexity index is 592. The van der Waals surface area contributed by atoms with Crippen LogP contribution in [0.25, 0.3) is 0 Å². The molecular weight excluding hydrogens is 262 g/mol. The first-order chi connectivity index (χ1) is 10.2. The monoisotopic (exact) mass is 283 g/mol. The maximum Gasteiger partial charge on any atom is 0.150 e. The van der Waals surface area contributed by atoms with E-state index >= 15 is 0 Å². The van der Waals surface area contributed by atoms with Crippen LogP contribution < -0.4 is 4.90 Å². The molecule has 1 aromatic carbocycles. The third kappa shape index (κ3) is 2.63. The fraction of sp³-hybridized carbons (Fsp3) is 0.412. The Hall–Kier alpha value is -1.94. The van der Waals surface area contributed by atoms with Gasteiger partial charge in [-0.25, -0.2) is 4.98 Å². The number of benzene rings is 1. The summed E-state index contributed by atoms with van der Waals surface area (Å²) in [6, 6.07) is 10.5. The van der Waals surface area contributed by atoms with Gasteiger partial charge in [0.05, 0.1) is 11.3 Å². The zero-order chi connectivity index (χ0) is 14.7. The first-order valence-electron chi connectivity index (χ1n) is 7.38. The van der Waals surface area contributed by atoms with Crippen molar-refractivity contribution in [2.45, 2.75) is 25.4 Å². The molecule has 0 bridgehead atoms. The summed E-state index contributed by atoms with van der Waals surface area (Å²) in [5.41, 5.74) is 2.08. The molecule has 4 heteroatoms. The minimum atomic E-state index is -0.173. The predicted molar refractivity (Wildman–Crippen MR) is 83.3 cm³/mol. The Kier molecular flexibility index (Phi) is 3.88. The summed E-state index contributed by atoms with van der Waals surface area (Å²) < 4.78 is 5.92. The fourth-order valence-electron chi connectivity index (χ4n) is 3.14. The molecule has 0 saturated carbocycles. The van der Waals surface area contributed by atoms with E-state index in [1.807, 2.05) is 20.1 Å². The molecule has 110 valence electrons. The molecule has 0 radical (unpaired) electrons. The number of hydrogen-bond donors (Lipinski definition) is 0. The molecule has 1 fully saturated rings.